The predicted octanol–water partition coefficient (Wildman–Crippen LogP) is 2.18. The van der Waals surface area contributed by atoms with Crippen molar-refractivity contribution in [1.29, 1.82) is 0 Å². The fourth-order valence-electron chi connectivity index (χ4n) is 3.08. The largest absolute Gasteiger partial charge is 0 e. The van der Waals surface area contributed by atoms with Gasteiger partial charge in [-0.1, -0.05) is 11.1 Å². The van der Waals surface area contributed by atoms with Crippen LogP contribution in [0.25, 0.3) is 0 Å². The fraction of sp³-hybridized carbons (Fsp3) is 0.400. The number of carbonyl (C=O) groups is 3. The van der Waals surface area contributed by atoms with Crippen LogP contribution in [0.5, 0.6) is 0 Å². The number of carbonyl (C=O) groups excluding carboxylic acids is 3. The molecule has 0 aromatic rings. The van der Waals surface area contributed by atoms with Crippen molar-refractivity contribution in [3.8, 4) is 0 Å². The van der Waals surface area contributed by atoms with E-state index in [1.165, 1.54) is 14.2 Å². The van der Waals surface area contributed by atoms with Crippen LogP contribution in [0.1, 0.15) is 20.8 Å². The molecule has 2 aliphatic heterocycles. The third-order valence-corrected chi connectivity index (χ3v) is 7.08. The van der Waals surface area contributed by atoms with Crippen molar-refractivity contribution in [3.63, 3.8) is 0 Å². The van der Waals surface area contributed by atoms with E-state index in [0.29, 0.717) is 0 Å². The summed E-state index contributed by atoms with van der Waals surface area (Å²) in [5.74, 6) is -1.17. The summed E-state index contributed by atoms with van der Waals surface area (Å²) in [5.41, 5.74) is 1.21. The van der Waals surface area contributed by atoms with Gasteiger partial charge in [-0.3, -0.25) is 0 Å². The van der Waals surface area contributed by atoms with Crippen LogP contribution in [-0.2, 0) is 68.1 Å². The number of fused-ring (bicyclic) bond motifs is 2. The van der Waals surface area contributed by atoms with Gasteiger partial charge in [-0.15, -0.1) is 0 Å². The minimum absolute atomic E-state index is 0. The van der Waals surface area contributed by atoms with Crippen molar-refractivity contribution in [2.45, 2.75) is 32.1 Å². The quantitative estimate of drug-likeness (QED) is 0.0964. The average molecular weight is 562 g/mol. The van der Waals surface area contributed by atoms with Crippen LogP contribution in [0.4, 0.5) is 4.79 Å². The summed E-state index contributed by atoms with van der Waals surface area (Å²) in [6.07, 6.45) is 0. The molecule has 0 N–H and O–H groups in total. The van der Waals surface area contributed by atoms with E-state index in [2.05, 4.69) is 33.3 Å². The summed E-state index contributed by atoms with van der Waals surface area (Å²) < 4.78 is 52.3. The monoisotopic (exact) mass is 564 g/mol. The molecule has 2 heterocycles. The molecule has 0 spiro atoms. The summed E-state index contributed by atoms with van der Waals surface area (Å²) >= 11 is 0. The Morgan fingerprint density at radius 3 is 1.24 bits per heavy atom. The number of hydrogen-bond acceptors (Lipinski definition) is 6. The van der Waals surface area contributed by atoms with Gasteiger partial charge in [0.2, 0.25) is 0 Å². The van der Waals surface area contributed by atoms with E-state index < -0.39 is 31.2 Å². The molecule has 2 unspecified atom stereocenters. The van der Waals surface area contributed by atoms with Gasteiger partial charge in [-0.25, -0.2) is 14.4 Å². The molecular formula is C20H19MoO11P. The first kappa shape index (κ1) is 41.0. The van der Waals surface area contributed by atoms with Crippen molar-refractivity contribution in [2.75, 3.05) is 20.8 Å². The zero-order valence-corrected chi connectivity index (χ0v) is 21.1. The normalized spacial score (nSPS) is 17.8. The van der Waals surface area contributed by atoms with Crippen LogP contribution in [-0.4, -0.2) is 49.8 Å². The molecule has 0 aromatic heterocycles. The Kier molecular flexibility index (Phi) is 30.3. The number of ether oxygens (including phenoxy) is 3. The molecule has 0 saturated carbocycles. The molecule has 176 valence electrons. The van der Waals surface area contributed by atoms with Crippen LogP contribution in [0.15, 0.2) is 22.3 Å². The molecule has 0 saturated heterocycles. The molecule has 2 aliphatic rings. The van der Waals surface area contributed by atoms with Crippen LogP contribution in [0.2, 0.25) is 0 Å². The Labute approximate surface area is 206 Å². The van der Waals surface area contributed by atoms with Gasteiger partial charge in [0.25, 0.3) is 0 Å². The Hall–Kier alpha value is -2.29. The molecule has 2 atom stereocenters. The zero-order chi connectivity index (χ0) is 26.6. The first-order chi connectivity index (χ1) is 15.4. The second-order valence-electron chi connectivity index (χ2n) is 5.09. The van der Waals surface area contributed by atoms with Crippen LogP contribution in [0.3, 0.4) is 0 Å². The van der Waals surface area contributed by atoms with Crippen LogP contribution in [0, 0.1) is 33.3 Å². The van der Waals surface area contributed by atoms with E-state index >= 15 is 0 Å². The molecule has 0 radical (unpaired) electrons. The minimum atomic E-state index is -1.37. The van der Waals surface area contributed by atoms with E-state index in [9.17, 15) is 14.4 Å². The number of hydrogen-bond donors (Lipinski definition) is 0. The van der Waals surface area contributed by atoms with E-state index in [1.807, 2.05) is 13.8 Å². The Balaban J connectivity index is -0.000000210. The average Bonchev–Trinajstić information content (AvgIpc) is 3.35. The Bertz CT molecular complexity index is 741. The molecule has 2 bridgehead atoms. The first-order valence-corrected chi connectivity index (χ1v) is 9.43. The third-order valence-electron chi connectivity index (χ3n) is 4.12. The maximum absolute atomic E-state index is 12.4. The van der Waals surface area contributed by atoms with Crippen molar-refractivity contribution in [3.05, 3.63) is 55.5 Å². The molecular weight excluding hydrogens is 543 g/mol. The van der Waals surface area contributed by atoms with Gasteiger partial charge in [0.15, 0.2) is 0 Å². The first-order valence-electron chi connectivity index (χ1n) is 7.95. The Morgan fingerprint density at radius 2 is 1.03 bits per heavy atom. The van der Waals surface area contributed by atoms with E-state index in [0.717, 1.165) is 11.1 Å². The van der Waals surface area contributed by atoms with Crippen molar-refractivity contribution >= 4 is 25.6 Å². The molecule has 11 nitrogen and oxygen atoms in total. The second-order valence-corrected chi connectivity index (χ2v) is 7.30. The number of rotatable bonds is 4. The molecule has 13 heteroatoms. The predicted molar refractivity (Wildman–Crippen MR) is 101 cm³/mol. The smallest absolute Gasteiger partial charge is 0 e. The third kappa shape index (κ3) is 9.61. The van der Waals surface area contributed by atoms with Crippen LogP contribution < -0.4 is 0 Å². The van der Waals surface area contributed by atoms with Gasteiger partial charge in [-0.2, -0.15) is 0 Å². The molecule has 0 fully saturated rings. The van der Waals surface area contributed by atoms with Gasteiger partial charge in [0.1, 0.15) is 0 Å². The summed E-state index contributed by atoms with van der Waals surface area (Å²) in [6.45, 7) is 28.3. The standard InChI is InChI=1S/C15H19O6P.5CO.Mo/c1-6-21-15(18)22-11-7(2)8(3)12(22)10(14(17)20-5)9(11)13(16)19-4;5*1-2;/h11-12H,6H2,1-5H3;;;;;;. The van der Waals surface area contributed by atoms with Crippen molar-refractivity contribution in [2.24, 2.45) is 0 Å². The fourth-order valence-corrected chi connectivity index (χ4v) is 6.36. The van der Waals surface area contributed by atoms with E-state index in [-0.39, 0.29) is 44.5 Å². The van der Waals surface area contributed by atoms with Gasteiger partial charge < -0.3 is 14.2 Å². The van der Waals surface area contributed by atoms with E-state index in [4.69, 9.17) is 37.5 Å². The Morgan fingerprint density at radius 1 is 0.758 bits per heavy atom. The number of methoxy groups -OCH3 is 2. The van der Waals surface area contributed by atoms with Gasteiger partial charge in [-0.05, 0) is 20.8 Å². The van der Waals surface area contributed by atoms with Crippen molar-refractivity contribution < 1.29 is 72.9 Å². The van der Waals surface area contributed by atoms with Crippen molar-refractivity contribution in [1.82, 2.24) is 0 Å². The van der Waals surface area contributed by atoms with Crippen LogP contribution >= 0.6 is 7.92 Å². The minimum Gasteiger partial charge on any atom is 0 e. The van der Waals surface area contributed by atoms with Gasteiger partial charge >= 0.3 is 74.2 Å². The molecule has 33 heavy (non-hydrogen) atoms. The molecule has 0 aromatic carbocycles. The second kappa shape index (κ2) is 24.4. The summed E-state index contributed by atoms with van der Waals surface area (Å²) in [7, 11) is 1.15. The zero-order valence-electron chi connectivity index (χ0n) is 18.2. The van der Waals surface area contributed by atoms with E-state index in [1.54, 1.807) is 6.92 Å². The topological polar surface area (TPSA) is 178 Å². The molecule has 2 rings (SSSR count). The molecule has 0 aliphatic carbocycles. The molecule has 0 amide bonds. The number of esters is 2. The maximum Gasteiger partial charge on any atom is 0 e. The SMILES string of the molecule is CCOC(=O)P1C2C(C)=C(C)C1C(C(=O)OC)=C2C(=O)OC.[C-]#[O+].[C-]#[O+].[C-]#[O+].[C-]#[O+].[C-]#[O+].[Mo]. The maximum atomic E-state index is 12.4. The number of allylic oxidation sites excluding steroid dienone is 2. The summed E-state index contributed by atoms with van der Waals surface area (Å²) in [6, 6.07) is 0. The van der Waals surface area contributed by atoms with Gasteiger partial charge in [0, 0.05) is 40.3 Å². The summed E-state index contributed by atoms with van der Waals surface area (Å²) in [4.78, 5) is 36.7. The van der Waals surface area contributed by atoms with Gasteiger partial charge in [0.05, 0.1) is 32.0 Å². The summed E-state index contributed by atoms with van der Waals surface area (Å²) in [5, 5.41) is 0.